The number of hydrogen-bond acceptors (Lipinski definition) is 2. The van der Waals surface area contributed by atoms with Crippen molar-refractivity contribution >= 4 is 18.3 Å². The third-order valence-electron chi connectivity index (χ3n) is 6.21. The van der Waals surface area contributed by atoms with Gasteiger partial charge in [0.2, 0.25) is 5.91 Å². The highest BCUT2D eigenvalue weighted by molar-refractivity contribution is 5.93. The second-order valence-electron chi connectivity index (χ2n) is 8.41. The van der Waals surface area contributed by atoms with Crippen LogP contribution in [-0.2, 0) is 0 Å². The molecule has 154 valence electrons. The van der Waals surface area contributed by atoms with E-state index in [0.29, 0.717) is 17.5 Å². The van der Waals surface area contributed by atoms with E-state index in [4.69, 9.17) is 5.73 Å². The molecule has 3 N–H and O–H groups in total. The normalized spacial score (nSPS) is 19.7. The highest BCUT2D eigenvalue weighted by Gasteiger charge is 2.38. The zero-order valence-electron chi connectivity index (χ0n) is 16.9. The molecule has 0 bridgehead atoms. The van der Waals surface area contributed by atoms with Gasteiger partial charge in [-0.3, -0.25) is 4.79 Å². The van der Waals surface area contributed by atoms with Crippen LogP contribution >= 0.6 is 12.4 Å². The van der Waals surface area contributed by atoms with E-state index >= 15 is 0 Å². The Morgan fingerprint density at radius 2 is 1.43 bits per heavy atom. The average molecular weight is 419 g/mol. The lowest BCUT2D eigenvalue weighted by atomic mass is 9.93. The van der Waals surface area contributed by atoms with Gasteiger partial charge in [-0.15, -0.1) is 12.4 Å². The lowest BCUT2D eigenvalue weighted by molar-refractivity contribution is 0.100. The van der Waals surface area contributed by atoms with Crippen LogP contribution in [-0.4, -0.2) is 18.5 Å². The Morgan fingerprint density at radius 3 is 1.97 bits per heavy atom. The van der Waals surface area contributed by atoms with Crippen molar-refractivity contribution in [2.45, 2.75) is 31.2 Å². The van der Waals surface area contributed by atoms with Crippen molar-refractivity contribution in [3.63, 3.8) is 0 Å². The second kappa shape index (κ2) is 8.63. The van der Waals surface area contributed by atoms with Crippen LogP contribution in [0.4, 0.5) is 0 Å². The molecule has 30 heavy (non-hydrogen) atoms. The maximum atomic E-state index is 11.3. The van der Waals surface area contributed by atoms with Gasteiger partial charge in [-0.1, -0.05) is 60.7 Å². The first-order chi connectivity index (χ1) is 14.2. The minimum absolute atomic E-state index is 0. The van der Waals surface area contributed by atoms with Crippen molar-refractivity contribution in [1.82, 2.24) is 5.32 Å². The Morgan fingerprint density at radius 1 is 0.867 bits per heavy atom. The van der Waals surface area contributed by atoms with Crippen molar-refractivity contribution < 1.29 is 4.79 Å². The molecule has 2 fully saturated rings. The van der Waals surface area contributed by atoms with Crippen molar-refractivity contribution in [2.75, 3.05) is 6.54 Å². The van der Waals surface area contributed by atoms with Crippen LogP contribution in [0.2, 0.25) is 0 Å². The van der Waals surface area contributed by atoms with E-state index in [1.54, 1.807) is 12.1 Å². The molecule has 0 aromatic heterocycles. The molecule has 2 aliphatic rings. The molecular weight excluding hydrogens is 392 g/mol. The van der Waals surface area contributed by atoms with Crippen LogP contribution in [0.5, 0.6) is 0 Å². The van der Waals surface area contributed by atoms with Crippen LogP contribution in [0.15, 0.2) is 72.8 Å². The van der Waals surface area contributed by atoms with Crippen molar-refractivity contribution in [2.24, 2.45) is 11.7 Å². The number of nitrogens with two attached hydrogens (primary N) is 1. The highest BCUT2D eigenvalue weighted by Crippen LogP contribution is 2.42. The van der Waals surface area contributed by atoms with Crippen molar-refractivity contribution in [1.29, 1.82) is 0 Å². The third kappa shape index (κ3) is 4.43. The van der Waals surface area contributed by atoms with Crippen molar-refractivity contribution in [3.8, 4) is 22.3 Å². The molecule has 3 nitrogen and oxygen atoms in total. The lowest BCUT2D eigenvalue weighted by Crippen LogP contribution is -2.20. The fraction of sp³-hybridized carbons (Fsp3) is 0.269. The first-order valence-corrected chi connectivity index (χ1v) is 10.5. The van der Waals surface area contributed by atoms with Gasteiger partial charge in [0, 0.05) is 17.5 Å². The summed E-state index contributed by atoms with van der Waals surface area (Å²) >= 11 is 0. The molecule has 0 radical (unpaired) electrons. The Bertz CT molecular complexity index is 1030. The molecular formula is C26H27ClN2O. The summed E-state index contributed by atoms with van der Waals surface area (Å²) in [5.41, 5.74) is 12.0. The van der Waals surface area contributed by atoms with Crippen molar-refractivity contribution in [3.05, 3.63) is 83.9 Å². The lowest BCUT2D eigenvalue weighted by Gasteiger charge is -2.11. The molecule has 3 aromatic carbocycles. The van der Waals surface area contributed by atoms with Crippen LogP contribution in [0.1, 0.15) is 41.1 Å². The van der Waals surface area contributed by atoms with E-state index in [1.165, 1.54) is 42.5 Å². The zero-order valence-corrected chi connectivity index (χ0v) is 17.7. The van der Waals surface area contributed by atoms with Gasteiger partial charge in [0.1, 0.15) is 0 Å². The van der Waals surface area contributed by atoms with Crippen LogP contribution < -0.4 is 11.1 Å². The minimum Gasteiger partial charge on any atom is -0.366 e. The summed E-state index contributed by atoms with van der Waals surface area (Å²) < 4.78 is 0. The molecule has 2 saturated carbocycles. The van der Waals surface area contributed by atoms with Crippen LogP contribution in [0.25, 0.3) is 22.3 Å². The maximum Gasteiger partial charge on any atom is 0.248 e. The third-order valence-corrected chi connectivity index (χ3v) is 6.21. The van der Waals surface area contributed by atoms with Gasteiger partial charge in [-0.25, -0.2) is 0 Å². The van der Waals surface area contributed by atoms with E-state index in [-0.39, 0.29) is 12.4 Å². The van der Waals surface area contributed by atoms with Gasteiger partial charge < -0.3 is 11.1 Å². The molecule has 5 rings (SSSR count). The first-order valence-electron chi connectivity index (χ1n) is 10.5. The molecule has 2 atom stereocenters. The van der Waals surface area contributed by atoms with E-state index in [9.17, 15) is 4.79 Å². The Labute approximate surface area is 184 Å². The molecule has 0 heterocycles. The number of benzene rings is 3. The summed E-state index contributed by atoms with van der Waals surface area (Å²) in [6, 6.07) is 25.6. The maximum absolute atomic E-state index is 11.3. The Kier molecular flexibility index (Phi) is 5.94. The predicted octanol–water partition coefficient (Wildman–Crippen LogP) is 5.40. The molecule has 0 saturated heterocycles. The topological polar surface area (TPSA) is 55.1 Å². The van der Waals surface area contributed by atoms with Gasteiger partial charge in [0.25, 0.3) is 0 Å². The monoisotopic (exact) mass is 418 g/mol. The Balaban J connectivity index is 0.00000218. The number of carbonyl (C=O) groups excluding carboxylic acids is 1. The molecule has 3 aromatic rings. The summed E-state index contributed by atoms with van der Waals surface area (Å²) in [6.07, 6.45) is 4.07. The van der Waals surface area contributed by atoms with Crippen LogP contribution in [0.3, 0.4) is 0 Å². The Hall–Kier alpha value is -2.62. The largest absolute Gasteiger partial charge is 0.366 e. The van der Waals surface area contributed by atoms with E-state index in [2.05, 4.69) is 53.8 Å². The van der Waals surface area contributed by atoms with E-state index in [1.807, 2.05) is 12.1 Å². The van der Waals surface area contributed by atoms with Crippen LogP contribution in [0, 0.1) is 5.92 Å². The predicted molar refractivity (Wildman–Crippen MR) is 125 cm³/mol. The molecule has 2 unspecified atom stereocenters. The summed E-state index contributed by atoms with van der Waals surface area (Å²) in [5.74, 6) is 1.21. The summed E-state index contributed by atoms with van der Waals surface area (Å²) in [6.45, 7) is 1.20. The number of amides is 1. The fourth-order valence-electron chi connectivity index (χ4n) is 4.14. The smallest absolute Gasteiger partial charge is 0.248 e. The standard InChI is InChI=1S/C26H26N2O.ClH/c27-26(29)21-13-11-19(12-14-21)23-4-2-1-3-22(23)18-7-9-20(10-8-18)24-15-25(24)28-16-17-5-6-17;/h1-4,7-14,17,24-25,28H,5-6,15-16H2,(H2,27,29);1H. The summed E-state index contributed by atoms with van der Waals surface area (Å²) in [7, 11) is 0. The van der Waals surface area contributed by atoms with Gasteiger partial charge in [0.05, 0.1) is 0 Å². The average Bonchev–Trinajstić information content (AvgIpc) is 3.68. The summed E-state index contributed by atoms with van der Waals surface area (Å²) in [4.78, 5) is 11.3. The van der Waals surface area contributed by atoms with Gasteiger partial charge >= 0.3 is 0 Å². The number of nitrogens with one attached hydrogen (secondary N) is 1. The molecule has 0 aliphatic heterocycles. The minimum atomic E-state index is -0.398. The van der Waals surface area contributed by atoms with Gasteiger partial charge in [-0.05, 0) is 71.7 Å². The molecule has 4 heteroatoms. The molecule has 0 spiro atoms. The highest BCUT2D eigenvalue weighted by atomic mass is 35.5. The number of primary amides is 1. The zero-order chi connectivity index (χ0) is 19.8. The number of rotatable bonds is 7. The first kappa shape index (κ1) is 20.6. The van der Waals surface area contributed by atoms with Gasteiger partial charge in [-0.2, -0.15) is 0 Å². The fourth-order valence-corrected chi connectivity index (χ4v) is 4.14. The second-order valence-corrected chi connectivity index (χ2v) is 8.41. The molecule has 1 amide bonds. The van der Waals surface area contributed by atoms with E-state index < -0.39 is 5.91 Å². The SMILES string of the molecule is Cl.NC(=O)c1ccc(-c2ccccc2-c2ccc(C3CC3NCC3CC3)cc2)cc1. The summed E-state index contributed by atoms with van der Waals surface area (Å²) in [5, 5.41) is 3.72. The number of halogens is 1. The molecule has 2 aliphatic carbocycles. The number of hydrogen-bond donors (Lipinski definition) is 2. The van der Waals surface area contributed by atoms with Gasteiger partial charge in [0.15, 0.2) is 0 Å². The van der Waals surface area contributed by atoms with E-state index in [0.717, 1.165) is 17.0 Å². The quantitative estimate of drug-likeness (QED) is 0.540. The number of carbonyl (C=O) groups is 1.